The first-order valence-corrected chi connectivity index (χ1v) is 12.6. The van der Waals surface area contributed by atoms with Crippen molar-refractivity contribution in [2.24, 2.45) is 0 Å². The average molecular weight is 516 g/mol. The second-order valence-corrected chi connectivity index (χ2v) is 9.83. The molecule has 0 radical (unpaired) electrons. The molecule has 0 saturated carbocycles. The van der Waals surface area contributed by atoms with Crippen molar-refractivity contribution >= 4 is 57.0 Å². The van der Waals surface area contributed by atoms with Gasteiger partial charge < -0.3 is 9.40 Å². The summed E-state index contributed by atoms with van der Waals surface area (Å²) in [6.07, 6.45) is 0. The molecule has 9 heteroatoms. The fraction of sp³-hybridized carbons (Fsp3) is 0.0741. The van der Waals surface area contributed by atoms with Crippen LogP contribution in [0.15, 0.2) is 88.1 Å². The van der Waals surface area contributed by atoms with Gasteiger partial charge in [0.2, 0.25) is 0 Å². The van der Waals surface area contributed by atoms with Crippen LogP contribution in [0.5, 0.6) is 0 Å². The number of carbonyl (C=O) groups is 2. The van der Waals surface area contributed by atoms with Gasteiger partial charge in [0.15, 0.2) is 0 Å². The van der Waals surface area contributed by atoms with Gasteiger partial charge in [0.1, 0.15) is 16.5 Å². The molecule has 0 bridgehead atoms. The summed E-state index contributed by atoms with van der Waals surface area (Å²) in [5.74, 6) is -0.827. The Balaban J connectivity index is 1.43. The lowest BCUT2D eigenvalue weighted by Gasteiger charge is -2.25. The highest BCUT2D eigenvalue weighted by atomic mass is 35.5. The molecular formula is C27H18ClN3O4S. The first-order chi connectivity index (χ1) is 17.5. The lowest BCUT2D eigenvalue weighted by molar-refractivity contribution is -0.130. The predicted molar refractivity (Wildman–Crippen MR) is 141 cm³/mol. The first kappa shape index (κ1) is 22.5. The van der Waals surface area contributed by atoms with Crippen LogP contribution in [0.1, 0.15) is 21.3 Å². The summed E-state index contributed by atoms with van der Waals surface area (Å²) in [5, 5.41) is 2.76. The number of aromatic amines is 1. The van der Waals surface area contributed by atoms with Gasteiger partial charge in [0.05, 0.1) is 11.4 Å². The van der Waals surface area contributed by atoms with Crippen molar-refractivity contribution in [3.8, 4) is 11.3 Å². The van der Waals surface area contributed by atoms with Crippen LogP contribution in [0.3, 0.4) is 0 Å². The Hall–Kier alpha value is -4.01. The third kappa shape index (κ3) is 3.84. The highest BCUT2D eigenvalue weighted by molar-refractivity contribution is 8.00. The maximum atomic E-state index is 13.2. The standard InChI is InChI=1S/C27H18ClN3O4S/c28-17-10-11-20-18(13-17)23(24(29-20)15-6-2-1-3-7-15)26-31(22(32)14-36-26)30-25(33)19-12-16-8-4-5-9-21(16)35-27(19)34/h1-13,26,29H,14H2,(H,30,33). The van der Waals surface area contributed by atoms with Crippen LogP contribution in [0.2, 0.25) is 5.02 Å². The Kier molecular flexibility index (Phi) is 5.55. The van der Waals surface area contributed by atoms with Gasteiger partial charge >= 0.3 is 5.63 Å². The predicted octanol–water partition coefficient (Wildman–Crippen LogP) is 5.51. The minimum atomic E-state index is -0.772. The Bertz CT molecular complexity index is 1710. The summed E-state index contributed by atoms with van der Waals surface area (Å²) >= 11 is 7.72. The van der Waals surface area contributed by atoms with E-state index in [2.05, 4.69) is 10.4 Å². The molecule has 1 atom stereocenters. The van der Waals surface area contributed by atoms with E-state index < -0.39 is 16.9 Å². The van der Waals surface area contributed by atoms with E-state index in [-0.39, 0.29) is 17.2 Å². The van der Waals surface area contributed by atoms with Crippen LogP contribution in [0, 0.1) is 0 Å². The zero-order chi connectivity index (χ0) is 24.8. The Morgan fingerprint density at radius 2 is 1.81 bits per heavy atom. The fourth-order valence-electron chi connectivity index (χ4n) is 4.42. The number of H-pyrrole nitrogens is 1. The van der Waals surface area contributed by atoms with Crippen molar-refractivity contribution in [1.29, 1.82) is 0 Å². The molecule has 1 fully saturated rings. The lowest BCUT2D eigenvalue weighted by Crippen LogP contribution is -2.45. The zero-order valence-electron chi connectivity index (χ0n) is 18.7. The van der Waals surface area contributed by atoms with Crippen molar-refractivity contribution in [1.82, 2.24) is 15.4 Å². The quantitative estimate of drug-likeness (QED) is 0.307. The minimum absolute atomic E-state index is 0.165. The van der Waals surface area contributed by atoms with Crippen LogP contribution in [0.4, 0.5) is 0 Å². The lowest BCUT2D eigenvalue weighted by atomic mass is 10.0. The molecule has 0 spiro atoms. The highest BCUT2D eigenvalue weighted by Gasteiger charge is 2.38. The largest absolute Gasteiger partial charge is 0.422 e. The number of hydrogen-bond acceptors (Lipinski definition) is 5. The molecule has 1 aliphatic rings. The van der Waals surface area contributed by atoms with Crippen molar-refractivity contribution in [2.75, 3.05) is 5.75 Å². The van der Waals surface area contributed by atoms with Gasteiger partial charge in [-0.1, -0.05) is 60.1 Å². The minimum Gasteiger partial charge on any atom is -0.422 e. The van der Waals surface area contributed by atoms with E-state index in [1.165, 1.54) is 22.8 Å². The highest BCUT2D eigenvalue weighted by Crippen LogP contribution is 2.45. The van der Waals surface area contributed by atoms with Crippen molar-refractivity contribution < 1.29 is 14.0 Å². The first-order valence-electron chi connectivity index (χ1n) is 11.1. The number of fused-ring (bicyclic) bond motifs is 2. The van der Waals surface area contributed by atoms with Crippen molar-refractivity contribution in [3.63, 3.8) is 0 Å². The molecule has 178 valence electrons. The number of thioether (sulfide) groups is 1. The van der Waals surface area contributed by atoms with E-state index in [0.717, 1.165) is 27.7 Å². The molecule has 1 aliphatic heterocycles. The van der Waals surface area contributed by atoms with Crippen LogP contribution in [-0.4, -0.2) is 27.6 Å². The van der Waals surface area contributed by atoms with Gasteiger partial charge in [-0.05, 0) is 35.9 Å². The number of amides is 2. The zero-order valence-corrected chi connectivity index (χ0v) is 20.2. The van der Waals surface area contributed by atoms with E-state index >= 15 is 0 Å². The number of benzene rings is 3. The maximum Gasteiger partial charge on any atom is 0.349 e. The smallest absolute Gasteiger partial charge is 0.349 e. The number of nitrogens with zero attached hydrogens (tertiary/aromatic N) is 1. The maximum absolute atomic E-state index is 13.2. The van der Waals surface area contributed by atoms with E-state index in [1.54, 1.807) is 30.3 Å². The molecule has 6 rings (SSSR count). The molecule has 5 aromatic rings. The van der Waals surface area contributed by atoms with Crippen LogP contribution in [0.25, 0.3) is 33.1 Å². The number of carbonyl (C=O) groups excluding carboxylic acids is 2. The Morgan fingerprint density at radius 1 is 1.03 bits per heavy atom. The topological polar surface area (TPSA) is 95.4 Å². The van der Waals surface area contributed by atoms with E-state index in [1.807, 2.05) is 42.5 Å². The summed E-state index contributed by atoms with van der Waals surface area (Å²) in [6.45, 7) is 0. The van der Waals surface area contributed by atoms with Crippen molar-refractivity contribution in [2.45, 2.75) is 5.37 Å². The molecule has 2 aromatic heterocycles. The molecule has 36 heavy (non-hydrogen) atoms. The summed E-state index contributed by atoms with van der Waals surface area (Å²) in [4.78, 5) is 42.1. The van der Waals surface area contributed by atoms with Gasteiger partial charge in [-0.25, -0.2) is 9.80 Å². The monoisotopic (exact) mass is 515 g/mol. The van der Waals surface area contributed by atoms with Crippen LogP contribution >= 0.6 is 23.4 Å². The number of nitrogens with one attached hydrogen (secondary N) is 2. The molecule has 7 nitrogen and oxygen atoms in total. The van der Waals surface area contributed by atoms with Crippen molar-refractivity contribution in [3.05, 3.63) is 105 Å². The van der Waals surface area contributed by atoms with E-state index in [9.17, 15) is 14.4 Å². The fourth-order valence-corrected chi connectivity index (χ4v) is 5.76. The second kappa shape index (κ2) is 8.89. The van der Waals surface area contributed by atoms with Gasteiger partial charge in [-0.2, -0.15) is 0 Å². The number of aromatic nitrogens is 1. The molecule has 2 amide bonds. The summed E-state index contributed by atoms with van der Waals surface area (Å²) in [7, 11) is 0. The third-order valence-electron chi connectivity index (χ3n) is 6.09. The number of hydrazine groups is 1. The molecular weight excluding hydrogens is 498 g/mol. The molecule has 3 aromatic carbocycles. The van der Waals surface area contributed by atoms with Crippen LogP contribution in [-0.2, 0) is 4.79 Å². The van der Waals surface area contributed by atoms with Crippen LogP contribution < -0.4 is 11.1 Å². The number of hydrogen-bond donors (Lipinski definition) is 2. The normalized spacial score (nSPS) is 15.6. The average Bonchev–Trinajstić information content (AvgIpc) is 3.43. The van der Waals surface area contributed by atoms with E-state index in [4.69, 9.17) is 16.0 Å². The third-order valence-corrected chi connectivity index (χ3v) is 7.50. The van der Waals surface area contributed by atoms with Gasteiger partial charge in [0.25, 0.3) is 11.8 Å². The van der Waals surface area contributed by atoms with E-state index in [0.29, 0.717) is 16.0 Å². The van der Waals surface area contributed by atoms with Gasteiger partial charge in [-0.3, -0.25) is 15.0 Å². The van der Waals surface area contributed by atoms with Gasteiger partial charge in [-0.15, -0.1) is 11.8 Å². The van der Waals surface area contributed by atoms with Gasteiger partial charge in [0, 0.05) is 26.9 Å². The molecule has 1 saturated heterocycles. The second-order valence-electron chi connectivity index (χ2n) is 8.32. The number of para-hydroxylation sites is 1. The molecule has 2 N–H and O–H groups in total. The SMILES string of the molecule is O=C(NN1C(=O)CSC1c1c(-c2ccccc2)[nH]c2ccc(Cl)cc12)c1cc2ccccc2oc1=O. The Labute approximate surface area is 214 Å². The summed E-state index contributed by atoms with van der Waals surface area (Å²) in [6, 6.07) is 23.7. The summed E-state index contributed by atoms with van der Waals surface area (Å²) < 4.78 is 5.31. The number of rotatable bonds is 4. The molecule has 1 unspecified atom stereocenters. The molecule has 0 aliphatic carbocycles. The number of halogens is 1. The summed E-state index contributed by atoms with van der Waals surface area (Å²) in [5.41, 5.74) is 5.53. The Morgan fingerprint density at radius 3 is 2.64 bits per heavy atom. The molecule has 3 heterocycles.